The molecule has 0 saturated heterocycles. The lowest BCUT2D eigenvalue weighted by Crippen LogP contribution is -2.53. The molecule has 29 heavy (non-hydrogen) atoms. The van der Waals surface area contributed by atoms with Crippen molar-refractivity contribution in [2.75, 3.05) is 11.6 Å². The summed E-state index contributed by atoms with van der Waals surface area (Å²) in [5, 5.41) is 11.6. The van der Waals surface area contributed by atoms with Crippen LogP contribution in [0.25, 0.3) is 5.70 Å². The molecule has 0 fully saturated rings. The maximum Gasteiger partial charge on any atom is 0.416 e. The van der Waals surface area contributed by atoms with Crippen molar-refractivity contribution < 1.29 is 31.9 Å². The minimum atomic E-state index is -4.91. The number of halogens is 5. The van der Waals surface area contributed by atoms with Gasteiger partial charge in [-0.2, -0.15) is 13.2 Å². The Morgan fingerprint density at radius 1 is 1.14 bits per heavy atom. The van der Waals surface area contributed by atoms with Gasteiger partial charge in [0, 0.05) is 18.2 Å². The number of hydrazine groups is 1. The molecule has 1 N–H and O–H groups in total. The summed E-state index contributed by atoms with van der Waals surface area (Å²) in [4.78, 5) is 16.4. The number of hydrogen-bond acceptors (Lipinski definition) is 4. The van der Waals surface area contributed by atoms with Gasteiger partial charge >= 0.3 is 6.18 Å². The van der Waals surface area contributed by atoms with Crippen molar-refractivity contribution in [3.63, 3.8) is 0 Å². The zero-order valence-corrected chi connectivity index (χ0v) is 14.9. The van der Waals surface area contributed by atoms with Crippen LogP contribution in [0.1, 0.15) is 24.0 Å². The fraction of sp³-hybridized carbons (Fsp3) is 0.263. The first-order valence-corrected chi connectivity index (χ1v) is 8.52. The van der Waals surface area contributed by atoms with Crippen molar-refractivity contribution in [2.45, 2.75) is 25.1 Å². The quantitative estimate of drug-likeness (QED) is 0.755. The lowest BCUT2D eigenvalue weighted by atomic mass is 10.1. The highest BCUT2D eigenvalue weighted by Gasteiger charge is 2.42. The number of amides is 1. The molecule has 5 nitrogen and oxygen atoms in total. The van der Waals surface area contributed by atoms with Crippen LogP contribution in [-0.4, -0.2) is 39.8 Å². The topological polar surface area (TPSA) is 56.7 Å². The maximum absolute atomic E-state index is 13.0. The average molecular weight is 413 g/mol. The van der Waals surface area contributed by atoms with Gasteiger partial charge < -0.3 is 5.11 Å². The highest BCUT2D eigenvalue weighted by atomic mass is 19.4. The fourth-order valence-electron chi connectivity index (χ4n) is 2.89. The van der Waals surface area contributed by atoms with E-state index in [0.29, 0.717) is 5.56 Å². The third kappa shape index (κ3) is 4.53. The molecule has 1 aliphatic rings. The van der Waals surface area contributed by atoms with E-state index in [-0.39, 0.29) is 23.4 Å². The minimum Gasteiger partial charge on any atom is -0.382 e. The molecule has 0 aliphatic carbocycles. The summed E-state index contributed by atoms with van der Waals surface area (Å²) in [6, 6.07) is 7.97. The predicted molar refractivity (Wildman–Crippen MR) is 94.5 cm³/mol. The number of benzene rings is 1. The van der Waals surface area contributed by atoms with Gasteiger partial charge in [-0.1, -0.05) is 24.3 Å². The van der Waals surface area contributed by atoms with E-state index >= 15 is 0 Å². The molecule has 1 amide bonds. The lowest BCUT2D eigenvalue weighted by molar-refractivity contribution is -0.206. The maximum atomic E-state index is 13.0. The Morgan fingerprint density at radius 3 is 2.38 bits per heavy atom. The number of aliphatic hydroxyl groups is 1. The van der Waals surface area contributed by atoms with Gasteiger partial charge in [-0.15, -0.1) is 0 Å². The number of nitrogens with zero attached hydrogens (tertiary/aromatic N) is 3. The Morgan fingerprint density at radius 2 is 1.83 bits per heavy atom. The number of β-amino-alcohol motifs (C(OH)–C–C–N with tert-alkyl or cyclic N) is 1. The van der Waals surface area contributed by atoms with E-state index in [1.165, 1.54) is 42.7 Å². The van der Waals surface area contributed by atoms with Crippen molar-refractivity contribution in [2.24, 2.45) is 0 Å². The van der Waals surface area contributed by atoms with Crippen molar-refractivity contribution in [3.8, 4) is 0 Å². The number of aromatic nitrogens is 1. The first-order chi connectivity index (χ1) is 13.7. The molecule has 2 heterocycles. The Labute approximate surface area is 162 Å². The third-order valence-corrected chi connectivity index (χ3v) is 4.30. The number of hydrogen-bond donors (Lipinski definition) is 1. The van der Waals surface area contributed by atoms with E-state index in [2.05, 4.69) is 4.98 Å². The molecular weight excluding hydrogens is 397 g/mol. The minimum absolute atomic E-state index is 0.126. The summed E-state index contributed by atoms with van der Waals surface area (Å²) in [6.07, 6.45) is -6.33. The van der Waals surface area contributed by atoms with Gasteiger partial charge in [0.2, 0.25) is 5.91 Å². The number of carbonyl (C=O) groups excluding carboxylic acids is 1. The highest BCUT2D eigenvalue weighted by molar-refractivity contribution is 5.97. The number of rotatable bonds is 5. The number of aliphatic hydroxyl groups excluding tert-OH is 1. The van der Waals surface area contributed by atoms with E-state index in [0.717, 1.165) is 22.2 Å². The van der Waals surface area contributed by atoms with Gasteiger partial charge in [0.05, 0.1) is 24.1 Å². The summed E-state index contributed by atoms with van der Waals surface area (Å²) in [7, 11) is 0. The smallest absolute Gasteiger partial charge is 0.382 e. The normalized spacial score (nSPS) is 16.2. The Balaban J connectivity index is 2.03. The molecule has 3 rings (SSSR count). The Hall–Kier alpha value is -3.01. The number of pyridine rings is 1. The molecule has 1 aromatic carbocycles. The van der Waals surface area contributed by atoms with E-state index in [4.69, 9.17) is 0 Å². The summed E-state index contributed by atoms with van der Waals surface area (Å²) in [6.45, 7) is -0.966. The summed E-state index contributed by atoms with van der Waals surface area (Å²) in [5.41, 5.74) is 0.469. The van der Waals surface area contributed by atoms with E-state index in [9.17, 15) is 31.9 Å². The molecule has 10 heteroatoms. The number of carbonyl (C=O) groups is 1. The van der Waals surface area contributed by atoms with Crippen LogP contribution in [0.2, 0.25) is 0 Å². The SMILES string of the molecule is O=C1CC=C(c2ccc(C(F)F)cc2)N(C[C@H](O)C(F)(F)F)N1c1cccnc1. The second-order valence-corrected chi connectivity index (χ2v) is 6.27. The molecule has 0 unspecified atom stereocenters. The predicted octanol–water partition coefficient (Wildman–Crippen LogP) is 3.94. The van der Waals surface area contributed by atoms with E-state index in [1.807, 2.05) is 0 Å². The highest BCUT2D eigenvalue weighted by Crippen LogP contribution is 2.33. The van der Waals surface area contributed by atoms with Gasteiger partial charge in [-0.3, -0.25) is 14.8 Å². The average Bonchev–Trinajstić information content (AvgIpc) is 2.68. The first-order valence-electron chi connectivity index (χ1n) is 8.52. The molecule has 0 radical (unpaired) electrons. The summed E-state index contributed by atoms with van der Waals surface area (Å²) >= 11 is 0. The monoisotopic (exact) mass is 413 g/mol. The van der Waals surface area contributed by atoms with Crippen molar-refractivity contribution >= 4 is 17.3 Å². The molecule has 0 saturated carbocycles. The standard InChI is InChI=1S/C19H16F5N3O2/c20-18(21)13-5-3-12(4-6-13)15-7-8-17(29)27(14-2-1-9-25-10-14)26(15)11-16(28)19(22,23)24/h1-7,9-10,16,18,28H,8,11H2/t16-/m0/s1. The molecule has 0 spiro atoms. The van der Waals surface area contributed by atoms with Gasteiger partial charge in [0.1, 0.15) is 0 Å². The molecule has 0 bridgehead atoms. The first kappa shape index (κ1) is 20.7. The molecule has 154 valence electrons. The zero-order valence-electron chi connectivity index (χ0n) is 14.9. The summed E-state index contributed by atoms with van der Waals surface area (Å²) < 4.78 is 64.6. The van der Waals surface area contributed by atoms with Crippen molar-refractivity contribution in [1.82, 2.24) is 9.99 Å². The Kier molecular flexibility index (Phi) is 5.83. The molecular formula is C19H16F5N3O2. The fourth-order valence-corrected chi connectivity index (χ4v) is 2.89. The van der Waals surface area contributed by atoms with Gasteiger partial charge in [0.25, 0.3) is 6.43 Å². The van der Waals surface area contributed by atoms with Gasteiger partial charge in [0.15, 0.2) is 6.10 Å². The van der Waals surface area contributed by atoms with E-state index in [1.54, 1.807) is 0 Å². The van der Waals surface area contributed by atoms with Crippen LogP contribution in [0.4, 0.5) is 27.6 Å². The zero-order chi connectivity index (χ0) is 21.2. The van der Waals surface area contributed by atoms with Crippen LogP contribution in [0.15, 0.2) is 54.9 Å². The van der Waals surface area contributed by atoms with Crippen LogP contribution >= 0.6 is 0 Å². The van der Waals surface area contributed by atoms with Crippen LogP contribution in [-0.2, 0) is 4.79 Å². The van der Waals surface area contributed by atoms with Gasteiger partial charge in [-0.25, -0.2) is 13.8 Å². The molecule has 2 aromatic rings. The Bertz CT molecular complexity index is 885. The number of alkyl halides is 5. The van der Waals surface area contributed by atoms with Crippen LogP contribution < -0.4 is 5.01 Å². The second kappa shape index (κ2) is 8.16. The molecule has 1 aromatic heterocycles. The van der Waals surface area contributed by atoms with Crippen LogP contribution in [0.5, 0.6) is 0 Å². The molecule has 1 atom stereocenters. The largest absolute Gasteiger partial charge is 0.416 e. The lowest BCUT2D eigenvalue weighted by Gasteiger charge is -2.41. The second-order valence-electron chi connectivity index (χ2n) is 6.27. The third-order valence-electron chi connectivity index (χ3n) is 4.30. The van der Waals surface area contributed by atoms with Crippen molar-refractivity contribution in [3.05, 3.63) is 66.0 Å². The molecule has 1 aliphatic heterocycles. The van der Waals surface area contributed by atoms with Crippen LogP contribution in [0, 0.1) is 0 Å². The summed E-state index contributed by atoms with van der Waals surface area (Å²) in [5.74, 6) is -0.527. The number of anilines is 1. The van der Waals surface area contributed by atoms with Gasteiger partial charge in [-0.05, 0) is 23.8 Å². The van der Waals surface area contributed by atoms with E-state index < -0.39 is 31.2 Å². The van der Waals surface area contributed by atoms with Crippen molar-refractivity contribution in [1.29, 1.82) is 0 Å². The van der Waals surface area contributed by atoms with Crippen LogP contribution in [0.3, 0.4) is 0 Å².